The van der Waals surface area contributed by atoms with Crippen LogP contribution in [0, 0.1) is 0 Å². The molecular weight excluding hydrogens is 378 g/mol. The van der Waals surface area contributed by atoms with Gasteiger partial charge in [-0.15, -0.1) is 0 Å². The molecule has 0 aliphatic carbocycles. The van der Waals surface area contributed by atoms with Crippen LogP contribution >= 0.6 is 0 Å². The Morgan fingerprint density at radius 2 is 1.93 bits per heavy atom. The van der Waals surface area contributed by atoms with Crippen molar-refractivity contribution < 1.29 is 13.5 Å². The van der Waals surface area contributed by atoms with E-state index in [1.54, 1.807) is 30.6 Å². The Balaban J connectivity index is 1.42. The topological polar surface area (TPSA) is 139 Å². The van der Waals surface area contributed by atoms with Gasteiger partial charge >= 0.3 is 0 Å². The van der Waals surface area contributed by atoms with Crippen LogP contribution in [-0.4, -0.2) is 34.8 Å². The van der Waals surface area contributed by atoms with Gasteiger partial charge in [0, 0.05) is 24.7 Å². The van der Waals surface area contributed by atoms with Crippen LogP contribution in [0.4, 0.5) is 0 Å². The molecule has 0 fully saturated rings. The van der Waals surface area contributed by atoms with Gasteiger partial charge in [-0.1, -0.05) is 10.3 Å². The molecule has 0 aliphatic heterocycles. The Hall–Kier alpha value is -4.41. The third-order valence-corrected chi connectivity index (χ3v) is 3.96. The van der Waals surface area contributed by atoms with Crippen LogP contribution in [0.15, 0.2) is 73.6 Å². The number of hydrogen-bond acceptors (Lipinski definition) is 10. The third kappa shape index (κ3) is 3.32. The van der Waals surface area contributed by atoms with Crippen molar-refractivity contribution in [2.75, 3.05) is 0 Å². The third-order valence-electron chi connectivity index (χ3n) is 3.96. The van der Waals surface area contributed by atoms with Crippen LogP contribution in [0.1, 0.15) is 5.82 Å². The zero-order valence-corrected chi connectivity index (χ0v) is 14.7. The number of rotatable bonds is 5. The minimum absolute atomic E-state index is 0.0992. The van der Waals surface area contributed by atoms with Crippen molar-refractivity contribution in [2.24, 2.45) is 0 Å². The van der Waals surface area contributed by atoms with E-state index in [1.165, 1.54) is 29.3 Å². The lowest BCUT2D eigenvalue weighted by Crippen LogP contribution is -2.19. The van der Waals surface area contributed by atoms with E-state index in [-0.39, 0.29) is 23.9 Å². The molecule has 0 bridgehead atoms. The molecule has 0 N–H and O–H groups in total. The zero-order valence-electron chi connectivity index (χ0n) is 14.7. The Morgan fingerprint density at radius 3 is 2.76 bits per heavy atom. The predicted molar refractivity (Wildman–Crippen MR) is 96.1 cm³/mol. The first kappa shape index (κ1) is 16.7. The smallest absolute Gasteiger partial charge is 0.293 e. The molecule has 0 saturated carbocycles. The summed E-state index contributed by atoms with van der Waals surface area (Å²) in [5, 5.41) is 7.79. The Kier molecular flexibility index (Phi) is 4.02. The van der Waals surface area contributed by atoms with E-state index < -0.39 is 0 Å². The highest BCUT2D eigenvalue weighted by atomic mass is 16.5. The molecule has 0 atom stereocenters. The van der Waals surface area contributed by atoms with E-state index in [0.717, 1.165) is 0 Å². The SMILES string of the molecule is O=c1ccc(-c2nc(-c3cnccn3)no2)cn1Cc1noc(-c2ccco2)n1. The van der Waals surface area contributed by atoms with Gasteiger partial charge in [0.1, 0.15) is 5.69 Å². The molecule has 11 heteroatoms. The molecule has 0 radical (unpaired) electrons. The molecule has 29 heavy (non-hydrogen) atoms. The molecule has 11 nitrogen and oxygen atoms in total. The molecular formula is C18H11N7O4. The molecule has 5 aromatic heterocycles. The van der Waals surface area contributed by atoms with Crippen molar-refractivity contribution in [3.63, 3.8) is 0 Å². The summed E-state index contributed by atoms with van der Waals surface area (Å²) < 4.78 is 17.1. The van der Waals surface area contributed by atoms with Gasteiger partial charge in [0.05, 0.1) is 24.6 Å². The second-order valence-electron chi connectivity index (χ2n) is 5.89. The van der Waals surface area contributed by atoms with E-state index in [1.807, 2.05) is 0 Å². The van der Waals surface area contributed by atoms with Crippen LogP contribution in [0.2, 0.25) is 0 Å². The second-order valence-corrected chi connectivity index (χ2v) is 5.89. The van der Waals surface area contributed by atoms with Gasteiger partial charge in [-0.3, -0.25) is 9.78 Å². The summed E-state index contributed by atoms with van der Waals surface area (Å²) >= 11 is 0. The standard InChI is InChI=1S/C18H11N7O4/c26-15-4-3-11(17-22-16(24-28-17)12-8-19-5-6-20-12)9-25(15)10-14-21-18(29-23-14)13-2-1-7-27-13/h1-9H,10H2. The molecule has 5 rings (SSSR count). The first-order chi connectivity index (χ1) is 14.3. The van der Waals surface area contributed by atoms with Crippen molar-refractivity contribution in [3.8, 4) is 34.6 Å². The van der Waals surface area contributed by atoms with Crippen LogP contribution in [-0.2, 0) is 6.54 Å². The van der Waals surface area contributed by atoms with Gasteiger partial charge in [0.15, 0.2) is 11.6 Å². The van der Waals surface area contributed by atoms with Crippen LogP contribution < -0.4 is 5.56 Å². The summed E-state index contributed by atoms with van der Waals surface area (Å²) in [5.41, 5.74) is 0.793. The van der Waals surface area contributed by atoms with Crippen molar-refractivity contribution in [1.29, 1.82) is 0 Å². The van der Waals surface area contributed by atoms with Gasteiger partial charge in [0.2, 0.25) is 5.82 Å². The average Bonchev–Trinajstić information content (AvgIpc) is 3.52. The molecule has 0 amide bonds. The summed E-state index contributed by atoms with van der Waals surface area (Å²) in [4.78, 5) is 28.9. The molecule has 5 aromatic rings. The van der Waals surface area contributed by atoms with Crippen LogP contribution in [0.25, 0.3) is 34.6 Å². The van der Waals surface area contributed by atoms with Gasteiger partial charge in [-0.05, 0) is 18.2 Å². The van der Waals surface area contributed by atoms with Gasteiger partial charge in [0.25, 0.3) is 17.3 Å². The van der Waals surface area contributed by atoms with E-state index >= 15 is 0 Å². The number of hydrogen-bond donors (Lipinski definition) is 0. The molecule has 0 aromatic carbocycles. The quantitative estimate of drug-likeness (QED) is 0.439. The van der Waals surface area contributed by atoms with Gasteiger partial charge in [-0.25, -0.2) is 4.98 Å². The monoisotopic (exact) mass is 389 g/mol. The highest BCUT2D eigenvalue weighted by Gasteiger charge is 2.15. The number of nitrogens with zero attached hydrogens (tertiary/aromatic N) is 7. The summed E-state index contributed by atoms with van der Waals surface area (Å²) in [6.07, 6.45) is 7.71. The fourth-order valence-corrected chi connectivity index (χ4v) is 2.61. The fourth-order valence-electron chi connectivity index (χ4n) is 2.61. The van der Waals surface area contributed by atoms with E-state index in [2.05, 4.69) is 30.2 Å². The highest BCUT2D eigenvalue weighted by molar-refractivity contribution is 5.55. The van der Waals surface area contributed by atoms with Crippen LogP contribution in [0.5, 0.6) is 0 Å². The second kappa shape index (κ2) is 6.96. The number of furan rings is 1. The van der Waals surface area contributed by atoms with Crippen molar-refractivity contribution in [2.45, 2.75) is 6.54 Å². The number of aromatic nitrogens is 7. The Bertz CT molecular complexity index is 1310. The molecule has 142 valence electrons. The van der Waals surface area contributed by atoms with Gasteiger partial charge < -0.3 is 18.0 Å². The lowest BCUT2D eigenvalue weighted by molar-refractivity contribution is 0.407. The van der Waals surface area contributed by atoms with E-state index in [9.17, 15) is 4.79 Å². The fraction of sp³-hybridized carbons (Fsp3) is 0.0556. The minimum atomic E-state index is -0.244. The van der Waals surface area contributed by atoms with E-state index in [0.29, 0.717) is 28.7 Å². The molecule has 0 unspecified atom stereocenters. The summed E-state index contributed by atoms with van der Waals surface area (Å²) in [6.45, 7) is 0.0992. The average molecular weight is 389 g/mol. The normalized spacial score (nSPS) is 11.0. The molecule has 0 spiro atoms. The minimum Gasteiger partial charge on any atom is -0.459 e. The number of pyridine rings is 1. The zero-order chi connectivity index (χ0) is 19.6. The maximum atomic E-state index is 12.2. The predicted octanol–water partition coefficient (Wildman–Crippen LogP) is 2.05. The van der Waals surface area contributed by atoms with Crippen molar-refractivity contribution in [1.82, 2.24) is 34.8 Å². The van der Waals surface area contributed by atoms with Crippen LogP contribution in [0.3, 0.4) is 0 Å². The van der Waals surface area contributed by atoms with Crippen molar-refractivity contribution >= 4 is 0 Å². The molecule has 0 aliphatic rings. The lowest BCUT2D eigenvalue weighted by atomic mass is 10.3. The summed E-state index contributed by atoms with van der Waals surface area (Å²) in [7, 11) is 0. The Morgan fingerprint density at radius 1 is 1.00 bits per heavy atom. The van der Waals surface area contributed by atoms with Crippen molar-refractivity contribution in [3.05, 3.63) is 71.5 Å². The maximum absolute atomic E-state index is 12.2. The highest BCUT2D eigenvalue weighted by Crippen LogP contribution is 2.20. The summed E-state index contributed by atoms with van der Waals surface area (Å²) in [5.74, 6) is 1.55. The molecule has 0 saturated heterocycles. The Labute approximate surface area is 161 Å². The lowest BCUT2D eigenvalue weighted by Gasteiger charge is -2.03. The first-order valence-electron chi connectivity index (χ1n) is 8.44. The van der Waals surface area contributed by atoms with Gasteiger partial charge in [-0.2, -0.15) is 9.97 Å². The maximum Gasteiger partial charge on any atom is 0.293 e. The molecule has 5 heterocycles. The summed E-state index contributed by atoms with van der Waals surface area (Å²) in [6, 6.07) is 6.41. The first-order valence-corrected chi connectivity index (χ1v) is 8.44. The van der Waals surface area contributed by atoms with E-state index in [4.69, 9.17) is 13.5 Å². The largest absolute Gasteiger partial charge is 0.459 e.